The lowest BCUT2D eigenvalue weighted by Gasteiger charge is -2.26. The van der Waals surface area contributed by atoms with Crippen LogP contribution in [0.1, 0.15) is 36.0 Å². The molecule has 1 saturated carbocycles. The van der Waals surface area contributed by atoms with E-state index in [1.807, 2.05) is 0 Å². The highest BCUT2D eigenvalue weighted by Crippen LogP contribution is 2.21. The number of nitrogens with one attached hydrogen (secondary N) is 1. The first kappa shape index (κ1) is 16.1. The van der Waals surface area contributed by atoms with Gasteiger partial charge in [0.1, 0.15) is 5.75 Å². The summed E-state index contributed by atoms with van der Waals surface area (Å²) >= 11 is 5.81. The van der Waals surface area contributed by atoms with Crippen LogP contribution in [0.15, 0.2) is 18.2 Å². The zero-order valence-corrected chi connectivity index (χ0v) is 12.6. The van der Waals surface area contributed by atoms with Crippen LogP contribution < -0.4 is 11.1 Å². The Kier molecular flexibility index (Phi) is 5.85. The average Bonchev–Trinajstić information content (AvgIpc) is 2.47. The summed E-state index contributed by atoms with van der Waals surface area (Å²) in [5.41, 5.74) is 6.01. The van der Waals surface area contributed by atoms with Gasteiger partial charge in [0, 0.05) is 17.6 Å². The van der Waals surface area contributed by atoms with E-state index in [1.54, 1.807) is 0 Å². The predicted molar refractivity (Wildman–Crippen MR) is 81.6 cm³/mol. The van der Waals surface area contributed by atoms with Crippen LogP contribution in [-0.2, 0) is 4.74 Å². The Morgan fingerprint density at radius 2 is 2.10 bits per heavy atom. The largest absolute Gasteiger partial charge is 0.507 e. The maximum Gasteiger partial charge on any atom is 0.255 e. The molecule has 2 rings (SSSR count). The number of hydrogen-bond donors (Lipinski definition) is 3. The molecule has 1 aliphatic rings. The Bertz CT molecular complexity index is 488. The van der Waals surface area contributed by atoms with Gasteiger partial charge in [-0.2, -0.15) is 0 Å². The number of aromatic hydroxyl groups is 1. The van der Waals surface area contributed by atoms with E-state index in [4.69, 9.17) is 22.1 Å². The molecule has 1 aromatic rings. The standard InChI is InChI=1S/C15H21ClN2O3/c16-10-1-6-14(19)13(9-10)15(20)18-7-8-21-12-4-2-11(17)3-5-12/h1,6,9,11-12,19H,2-5,7-8,17H2,(H,18,20). The number of rotatable bonds is 5. The number of benzene rings is 1. The summed E-state index contributed by atoms with van der Waals surface area (Å²) in [5.74, 6) is -0.441. The normalized spacial score (nSPS) is 22.0. The molecule has 4 N–H and O–H groups in total. The average molecular weight is 313 g/mol. The van der Waals surface area contributed by atoms with Crippen LogP contribution in [0, 0.1) is 0 Å². The smallest absolute Gasteiger partial charge is 0.255 e. The van der Waals surface area contributed by atoms with Crippen LogP contribution in [0.4, 0.5) is 0 Å². The molecule has 0 bridgehead atoms. The monoisotopic (exact) mass is 312 g/mol. The molecule has 5 nitrogen and oxygen atoms in total. The van der Waals surface area contributed by atoms with Gasteiger partial charge in [-0.05, 0) is 43.9 Å². The van der Waals surface area contributed by atoms with Gasteiger partial charge >= 0.3 is 0 Å². The first-order valence-corrected chi connectivity index (χ1v) is 7.58. The van der Waals surface area contributed by atoms with E-state index < -0.39 is 0 Å². The third-order valence-electron chi connectivity index (χ3n) is 3.66. The Balaban J connectivity index is 1.71. The van der Waals surface area contributed by atoms with Gasteiger partial charge in [-0.1, -0.05) is 11.6 Å². The summed E-state index contributed by atoms with van der Waals surface area (Å²) in [5, 5.41) is 12.7. The molecule has 116 valence electrons. The van der Waals surface area contributed by atoms with Crippen LogP contribution in [0.3, 0.4) is 0 Å². The minimum absolute atomic E-state index is 0.0842. The second-order valence-electron chi connectivity index (χ2n) is 5.32. The topological polar surface area (TPSA) is 84.6 Å². The van der Waals surface area contributed by atoms with Crippen molar-refractivity contribution in [2.45, 2.75) is 37.8 Å². The van der Waals surface area contributed by atoms with Crippen molar-refractivity contribution in [2.75, 3.05) is 13.2 Å². The fourth-order valence-electron chi connectivity index (χ4n) is 2.43. The Morgan fingerprint density at radius 3 is 2.81 bits per heavy atom. The summed E-state index contributed by atoms with van der Waals surface area (Å²) in [6, 6.07) is 4.68. The number of halogens is 1. The molecular weight excluding hydrogens is 292 g/mol. The van der Waals surface area contributed by atoms with E-state index in [0.717, 1.165) is 25.7 Å². The molecule has 1 aliphatic carbocycles. The third-order valence-corrected chi connectivity index (χ3v) is 3.90. The molecule has 1 amide bonds. The van der Waals surface area contributed by atoms with E-state index in [-0.39, 0.29) is 23.3 Å². The molecule has 0 atom stereocenters. The third kappa shape index (κ3) is 4.88. The van der Waals surface area contributed by atoms with Crippen LogP contribution in [-0.4, -0.2) is 36.3 Å². The summed E-state index contributed by atoms with van der Waals surface area (Å²) in [4.78, 5) is 11.9. The first-order chi connectivity index (χ1) is 10.1. The van der Waals surface area contributed by atoms with Crippen LogP contribution in [0.2, 0.25) is 5.02 Å². The Labute approximate surface area is 129 Å². The molecule has 1 fully saturated rings. The van der Waals surface area contributed by atoms with E-state index in [1.165, 1.54) is 18.2 Å². The van der Waals surface area contributed by atoms with Crippen molar-refractivity contribution in [3.8, 4) is 5.75 Å². The Morgan fingerprint density at radius 1 is 1.38 bits per heavy atom. The molecular formula is C15H21ClN2O3. The van der Waals surface area contributed by atoms with Gasteiger partial charge in [0.25, 0.3) is 5.91 Å². The second kappa shape index (κ2) is 7.64. The number of carbonyl (C=O) groups excluding carboxylic acids is 1. The lowest BCUT2D eigenvalue weighted by molar-refractivity contribution is 0.0267. The molecule has 0 aromatic heterocycles. The van der Waals surface area contributed by atoms with E-state index >= 15 is 0 Å². The molecule has 0 aliphatic heterocycles. The van der Waals surface area contributed by atoms with Crippen molar-refractivity contribution in [3.63, 3.8) is 0 Å². The number of ether oxygens (including phenoxy) is 1. The summed E-state index contributed by atoms with van der Waals surface area (Å²) in [7, 11) is 0. The van der Waals surface area contributed by atoms with Gasteiger partial charge in [-0.25, -0.2) is 0 Å². The molecule has 6 heteroatoms. The zero-order valence-electron chi connectivity index (χ0n) is 11.8. The Hall–Kier alpha value is -1.30. The molecule has 1 aromatic carbocycles. The van der Waals surface area contributed by atoms with Crippen LogP contribution in [0.5, 0.6) is 5.75 Å². The van der Waals surface area contributed by atoms with E-state index in [0.29, 0.717) is 24.2 Å². The summed E-state index contributed by atoms with van der Waals surface area (Å²) < 4.78 is 5.71. The number of hydrogen-bond acceptors (Lipinski definition) is 4. The quantitative estimate of drug-likeness (QED) is 0.727. The fraction of sp³-hybridized carbons (Fsp3) is 0.533. The van der Waals surface area contributed by atoms with Gasteiger partial charge in [0.15, 0.2) is 0 Å². The van der Waals surface area contributed by atoms with Crippen LogP contribution in [0.25, 0.3) is 0 Å². The maximum absolute atomic E-state index is 11.9. The zero-order chi connectivity index (χ0) is 15.2. The lowest BCUT2D eigenvalue weighted by Crippen LogP contribution is -2.33. The van der Waals surface area contributed by atoms with Gasteiger partial charge in [-0.3, -0.25) is 4.79 Å². The highest BCUT2D eigenvalue weighted by atomic mass is 35.5. The number of phenolic OH excluding ortho intramolecular Hbond substituents is 1. The molecule has 21 heavy (non-hydrogen) atoms. The first-order valence-electron chi connectivity index (χ1n) is 7.20. The van der Waals surface area contributed by atoms with Gasteiger partial charge in [0.05, 0.1) is 18.3 Å². The van der Waals surface area contributed by atoms with Crippen LogP contribution >= 0.6 is 11.6 Å². The summed E-state index contributed by atoms with van der Waals surface area (Å²) in [6.07, 6.45) is 4.18. The van der Waals surface area contributed by atoms with Crippen molar-refractivity contribution in [1.29, 1.82) is 0 Å². The van der Waals surface area contributed by atoms with Crippen molar-refractivity contribution in [1.82, 2.24) is 5.32 Å². The molecule has 0 saturated heterocycles. The molecule has 0 heterocycles. The minimum Gasteiger partial charge on any atom is -0.507 e. The maximum atomic E-state index is 11.9. The molecule has 0 radical (unpaired) electrons. The number of amides is 1. The van der Waals surface area contributed by atoms with Crippen molar-refractivity contribution in [2.24, 2.45) is 5.73 Å². The SMILES string of the molecule is NC1CCC(OCCNC(=O)c2cc(Cl)ccc2O)CC1. The fourth-order valence-corrected chi connectivity index (χ4v) is 2.60. The lowest BCUT2D eigenvalue weighted by atomic mass is 9.94. The van der Waals surface area contributed by atoms with Crippen molar-refractivity contribution in [3.05, 3.63) is 28.8 Å². The van der Waals surface area contributed by atoms with E-state index in [2.05, 4.69) is 5.32 Å². The minimum atomic E-state index is -0.357. The van der Waals surface area contributed by atoms with Gasteiger partial charge < -0.3 is 20.9 Å². The predicted octanol–water partition coefficient (Wildman–Crippen LogP) is 2.06. The number of carbonyl (C=O) groups is 1. The van der Waals surface area contributed by atoms with Crippen molar-refractivity contribution >= 4 is 17.5 Å². The molecule has 0 unspecified atom stereocenters. The van der Waals surface area contributed by atoms with Gasteiger partial charge in [-0.15, -0.1) is 0 Å². The van der Waals surface area contributed by atoms with E-state index in [9.17, 15) is 9.90 Å². The highest BCUT2D eigenvalue weighted by Gasteiger charge is 2.18. The second-order valence-corrected chi connectivity index (χ2v) is 5.76. The van der Waals surface area contributed by atoms with Crippen molar-refractivity contribution < 1.29 is 14.6 Å². The molecule has 0 spiro atoms. The number of phenols is 1. The number of nitrogens with two attached hydrogens (primary N) is 1. The van der Waals surface area contributed by atoms with Gasteiger partial charge in [0.2, 0.25) is 0 Å². The highest BCUT2D eigenvalue weighted by molar-refractivity contribution is 6.31. The summed E-state index contributed by atoms with van der Waals surface area (Å²) in [6.45, 7) is 0.848.